The molecule has 0 spiro atoms. The minimum Gasteiger partial charge on any atom is -0.472 e. The van der Waals surface area contributed by atoms with Crippen LogP contribution in [0.4, 0.5) is 5.95 Å². The quantitative estimate of drug-likeness (QED) is 0.417. The van der Waals surface area contributed by atoms with Gasteiger partial charge in [-0.2, -0.15) is 10.1 Å². The van der Waals surface area contributed by atoms with Gasteiger partial charge in [0.05, 0.1) is 18.4 Å². The maximum absolute atomic E-state index is 12.9. The minimum absolute atomic E-state index is 0.0206. The van der Waals surface area contributed by atoms with E-state index in [2.05, 4.69) is 25.1 Å². The Kier molecular flexibility index (Phi) is 7.95. The Labute approximate surface area is 221 Å². The molecule has 13 heteroatoms. The van der Waals surface area contributed by atoms with E-state index in [1.54, 1.807) is 18.0 Å². The van der Waals surface area contributed by atoms with Gasteiger partial charge >= 0.3 is 0 Å². The van der Waals surface area contributed by atoms with Crippen molar-refractivity contribution in [3.8, 4) is 17.1 Å². The van der Waals surface area contributed by atoms with Crippen LogP contribution in [0.2, 0.25) is 0 Å². The smallest absolute Gasteiger partial charge is 0.267 e. The second-order valence-electron chi connectivity index (χ2n) is 9.24. The molecule has 1 saturated heterocycles. The number of aryl methyl sites for hydroxylation is 3. The first-order valence-corrected chi connectivity index (χ1v) is 13.7. The van der Waals surface area contributed by atoms with Gasteiger partial charge < -0.3 is 15.0 Å². The second kappa shape index (κ2) is 11.2. The van der Waals surface area contributed by atoms with Gasteiger partial charge in [0, 0.05) is 57.7 Å². The van der Waals surface area contributed by atoms with Crippen molar-refractivity contribution in [1.29, 1.82) is 0 Å². The summed E-state index contributed by atoms with van der Waals surface area (Å²) in [6.07, 6.45) is 3.08. The minimum atomic E-state index is -3.99. The molecule has 1 aromatic carbocycles. The van der Waals surface area contributed by atoms with Crippen LogP contribution in [0.3, 0.4) is 0 Å². The summed E-state index contributed by atoms with van der Waals surface area (Å²) in [6, 6.07) is 7.52. The standard InChI is InChI=1S/C25H31N7O5S/c1-16-6-5-7-17(2)24(16)21-12-22(29-25(28-21)30-38(35,36)20-13-27-31(4)15-20)37-19-9-11-32(14-19)23(34)8-10-26-18(3)33/h5-7,12-13,15,19H,8-11,14H2,1-4H3,(H,26,33)(H,28,29,30). The third-order valence-electron chi connectivity index (χ3n) is 6.15. The van der Waals surface area contributed by atoms with E-state index >= 15 is 0 Å². The van der Waals surface area contributed by atoms with Crippen LogP contribution in [0, 0.1) is 13.8 Å². The van der Waals surface area contributed by atoms with Crippen molar-refractivity contribution in [3.63, 3.8) is 0 Å². The number of nitrogens with zero attached hydrogens (tertiary/aromatic N) is 5. The van der Waals surface area contributed by atoms with Crippen LogP contribution in [0.15, 0.2) is 41.6 Å². The van der Waals surface area contributed by atoms with Gasteiger partial charge in [-0.1, -0.05) is 18.2 Å². The molecule has 2 aromatic heterocycles. The van der Waals surface area contributed by atoms with Crippen molar-refractivity contribution in [1.82, 2.24) is 30.0 Å². The largest absolute Gasteiger partial charge is 0.472 e. The summed E-state index contributed by atoms with van der Waals surface area (Å²) in [6.45, 7) is 6.46. The molecule has 2 N–H and O–H groups in total. The molecule has 1 aliphatic rings. The fraction of sp³-hybridized carbons (Fsp3) is 0.400. The predicted molar refractivity (Wildman–Crippen MR) is 140 cm³/mol. The Morgan fingerprint density at radius 3 is 2.58 bits per heavy atom. The lowest BCUT2D eigenvalue weighted by atomic mass is 10.00. The molecule has 12 nitrogen and oxygen atoms in total. The van der Waals surface area contributed by atoms with Crippen LogP contribution in [-0.2, 0) is 26.7 Å². The summed E-state index contributed by atoms with van der Waals surface area (Å²) in [5.41, 5.74) is 3.29. The van der Waals surface area contributed by atoms with Gasteiger partial charge in [-0.3, -0.25) is 14.3 Å². The molecular formula is C25H31N7O5S. The number of benzene rings is 1. The van der Waals surface area contributed by atoms with Crippen LogP contribution in [-0.4, -0.2) is 70.6 Å². The highest BCUT2D eigenvalue weighted by Gasteiger charge is 2.28. The number of nitrogens with one attached hydrogen (secondary N) is 2. The molecule has 3 aromatic rings. The molecule has 0 saturated carbocycles. The van der Waals surface area contributed by atoms with Gasteiger partial charge in [-0.25, -0.2) is 18.1 Å². The Morgan fingerprint density at radius 2 is 1.92 bits per heavy atom. The molecule has 1 atom stereocenters. The molecule has 3 heterocycles. The van der Waals surface area contributed by atoms with Gasteiger partial charge in [0.2, 0.25) is 23.6 Å². The zero-order valence-electron chi connectivity index (χ0n) is 21.8. The molecule has 1 fully saturated rings. The molecule has 0 bridgehead atoms. The highest BCUT2D eigenvalue weighted by atomic mass is 32.2. The number of anilines is 1. The first kappa shape index (κ1) is 27.0. The van der Waals surface area contributed by atoms with E-state index in [0.29, 0.717) is 25.2 Å². The predicted octanol–water partition coefficient (Wildman–Crippen LogP) is 1.80. The average Bonchev–Trinajstić information content (AvgIpc) is 3.48. The highest BCUT2D eigenvalue weighted by Crippen LogP contribution is 2.30. The van der Waals surface area contributed by atoms with E-state index in [0.717, 1.165) is 16.7 Å². The molecule has 0 radical (unpaired) electrons. The van der Waals surface area contributed by atoms with Gasteiger partial charge in [-0.05, 0) is 25.0 Å². The van der Waals surface area contributed by atoms with Crippen molar-refractivity contribution >= 4 is 27.8 Å². The number of ether oxygens (including phenoxy) is 1. The maximum Gasteiger partial charge on any atom is 0.267 e. The first-order valence-electron chi connectivity index (χ1n) is 12.2. The third kappa shape index (κ3) is 6.46. The number of sulfonamides is 1. The SMILES string of the molecule is CC(=O)NCCC(=O)N1CCC(Oc2cc(-c3c(C)cccc3C)nc(NS(=O)(=O)c3cnn(C)c3)n2)C1. The summed E-state index contributed by atoms with van der Waals surface area (Å²) < 4.78 is 35.9. The van der Waals surface area contributed by atoms with Crippen LogP contribution in [0.5, 0.6) is 5.88 Å². The normalized spacial score (nSPS) is 15.4. The molecule has 2 amide bonds. The third-order valence-corrected chi connectivity index (χ3v) is 7.44. The molecular weight excluding hydrogens is 510 g/mol. The van der Waals surface area contributed by atoms with Crippen LogP contribution in [0.1, 0.15) is 30.9 Å². The van der Waals surface area contributed by atoms with Crippen LogP contribution in [0.25, 0.3) is 11.3 Å². The Hall–Kier alpha value is -4.00. The number of carbonyl (C=O) groups is 2. The molecule has 1 unspecified atom stereocenters. The number of amides is 2. The van der Waals surface area contributed by atoms with Crippen molar-refractivity contribution in [3.05, 3.63) is 47.8 Å². The van der Waals surface area contributed by atoms with Crippen LogP contribution < -0.4 is 14.8 Å². The number of hydrogen-bond acceptors (Lipinski definition) is 8. The van der Waals surface area contributed by atoms with Crippen molar-refractivity contribution in [2.24, 2.45) is 7.05 Å². The lowest BCUT2D eigenvalue weighted by Gasteiger charge is -2.18. The van der Waals surface area contributed by atoms with E-state index in [-0.39, 0.29) is 47.6 Å². The maximum atomic E-state index is 12.9. The molecule has 1 aliphatic heterocycles. The van der Waals surface area contributed by atoms with Crippen molar-refractivity contribution in [2.75, 3.05) is 24.4 Å². The fourth-order valence-corrected chi connectivity index (χ4v) is 5.25. The number of likely N-dealkylation sites (tertiary alicyclic amines) is 1. The number of carbonyl (C=O) groups excluding carboxylic acids is 2. The van der Waals surface area contributed by atoms with E-state index in [9.17, 15) is 18.0 Å². The topological polar surface area (TPSA) is 148 Å². The van der Waals surface area contributed by atoms with E-state index in [1.165, 1.54) is 24.0 Å². The summed E-state index contributed by atoms with van der Waals surface area (Å²) in [5.74, 6) is -0.197. The lowest BCUT2D eigenvalue weighted by Crippen LogP contribution is -2.33. The average molecular weight is 542 g/mol. The highest BCUT2D eigenvalue weighted by molar-refractivity contribution is 7.92. The number of rotatable bonds is 9. The fourth-order valence-electron chi connectivity index (χ4n) is 4.32. The van der Waals surface area contributed by atoms with Gasteiger partial charge in [-0.15, -0.1) is 0 Å². The van der Waals surface area contributed by atoms with Gasteiger partial charge in [0.1, 0.15) is 11.0 Å². The van der Waals surface area contributed by atoms with Gasteiger partial charge in [0.15, 0.2) is 0 Å². The summed E-state index contributed by atoms with van der Waals surface area (Å²) in [4.78, 5) is 34.1. The van der Waals surface area contributed by atoms with Crippen molar-refractivity contribution in [2.45, 2.75) is 44.6 Å². The Bertz CT molecular complexity index is 1430. The zero-order chi connectivity index (χ0) is 27.4. The first-order chi connectivity index (χ1) is 18.0. The van der Waals surface area contributed by atoms with E-state index < -0.39 is 10.0 Å². The van der Waals surface area contributed by atoms with Crippen molar-refractivity contribution < 1.29 is 22.7 Å². The second-order valence-corrected chi connectivity index (χ2v) is 10.9. The lowest BCUT2D eigenvalue weighted by molar-refractivity contribution is -0.130. The van der Waals surface area contributed by atoms with E-state index in [4.69, 9.17) is 4.74 Å². The monoisotopic (exact) mass is 541 g/mol. The summed E-state index contributed by atoms with van der Waals surface area (Å²) in [7, 11) is -2.36. The zero-order valence-corrected chi connectivity index (χ0v) is 22.6. The number of hydrogen-bond donors (Lipinski definition) is 2. The molecule has 202 valence electrons. The van der Waals surface area contributed by atoms with Crippen LogP contribution >= 0.6 is 0 Å². The Morgan fingerprint density at radius 1 is 1.18 bits per heavy atom. The summed E-state index contributed by atoms with van der Waals surface area (Å²) in [5, 5.41) is 6.55. The van der Waals surface area contributed by atoms with Gasteiger partial charge in [0.25, 0.3) is 10.0 Å². The van der Waals surface area contributed by atoms with E-state index in [1.807, 2.05) is 32.0 Å². The Balaban J connectivity index is 1.58. The molecule has 0 aliphatic carbocycles. The molecule has 4 rings (SSSR count). The summed E-state index contributed by atoms with van der Waals surface area (Å²) >= 11 is 0. The molecule has 38 heavy (non-hydrogen) atoms. The number of aromatic nitrogens is 4.